The fourth-order valence-electron chi connectivity index (χ4n) is 1.99. The first-order valence-electron chi connectivity index (χ1n) is 6.64. The van der Waals surface area contributed by atoms with Crippen LogP contribution in [0.5, 0.6) is 0 Å². The molecule has 19 heavy (non-hydrogen) atoms. The molecule has 0 saturated carbocycles. The zero-order chi connectivity index (χ0) is 13.7. The Balaban J connectivity index is 2.23. The monoisotopic (exact) mass is 449 g/mol. The molecular formula is C17H20BiO. The van der Waals surface area contributed by atoms with Gasteiger partial charge < -0.3 is 0 Å². The Kier molecular flexibility index (Phi) is 5.54. The maximum atomic E-state index is 5.61. The summed E-state index contributed by atoms with van der Waals surface area (Å²) in [5.41, 5.74) is 4.07. The van der Waals surface area contributed by atoms with Crippen LogP contribution in [-0.4, -0.2) is 29.8 Å². The number of ether oxygens (including phenoxy) is 1. The Bertz CT molecular complexity index is 549. The summed E-state index contributed by atoms with van der Waals surface area (Å²) in [6.07, 6.45) is 0. The average molecular weight is 449 g/mol. The van der Waals surface area contributed by atoms with Crippen molar-refractivity contribution in [2.45, 2.75) is 27.4 Å². The second-order valence-corrected chi connectivity index (χ2v) is 9.47. The summed E-state index contributed by atoms with van der Waals surface area (Å²) in [5, 5.41) is 0. The summed E-state index contributed by atoms with van der Waals surface area (Å²) in [7, 11) is 0. The third-order valence-corrected chi connectivity index (χ3v) is 7.67. The molecule has 0 aliphatic heterocycles. The van der Waals surface area contributed by atoms with Crippen molar-refractivity contribution in [3.05, 3.63) is 59.2 Å². The van der Waals surface area contributed by atoms with Crippen LogP contribution in [0, 0.1) is 13.8 Å². The molecule has 0 spiro atoms. The van der Waals surface area contributed by atoms with Crippen LogP contribution >= 0.6 is 0 Å². The van der Waals surface area contributed by atoms with E-state index in [2.05, 4.69) is 63.2 Å². The van der Waals surface area contributed by atoms with E-state index in [1.807, 2.05) is 0 Å². The SMILES string of the molecule is CCOCc1cc(C)cc[c]1[Bi][c]1cccc(C)c1. The van der Waals surface area contributed by atoms with Crippen molar-refractivity contribution in [1.29, 1.82) is 0 Å². The van der Waals surface area contributed by atoms with Crippen LogP contribution in [0.4, 0.5) is 0 Å². The van der Waals surface area contributed by atoms with E-state index < -0.39 is 23.2 Å². The summed E-state index contributed by atoms with van der Waals surface area (Å²) in [6, 6.07) is 15.8. The molecule has 0 fully saturated rings. The molecule has 0 atom stereocenters. The number of rotatable bonds is 5. The summed E-state index contributed by atoms with van der Waals surface area (Å²) >= 11 is -0.824. The quantitative estimate of drug-likeness (QED) is 0.638. The molecule has 2 aromatic carbocycles. The Morgan fingerprint density at radius 3 is 2.53 bits per heavy atom. The van der Waals surface area contributed by atoms with E-state index >= 15 is 0 Å². The zero-order valence-electron chi connectivity index (χ0n) is 11.8. The van der Waals surface area contributed by atoms with Crippen molar-refractivity contribution in [2.75, 3.05) is 6.61 Å². The molecular weight excluding hydrogens is 429 g/mol. The van der Waals surface area contributed by atoms with Crippen molar-refractivity contribution in [3.8, 4) is 0 Å². The van der Waals surface area contributed by atoms with E-state index in [9.17, 15) is 0 Å². The fraction of sp³-hybridized carbons (Fsp3) is 0.294. The second-order valence-electron chi connectivity index (χ2n) is 4.72. The van der Waals surface area contributed by atoms with E-state index in [1.54, 1.807) is 6.54 Å². The average Bonchev–Trinajstić information content (AvgIpc) is 2.39. The fourth-order valence-corrected chi connectivity index (χ4v) is 6.38. The van der Waals surface area contributed by atoms with E-state index in [0.717, 1.165) is 13.2 Å². The summed E-state index contributed by atoms with van der Waals surface area (Å²) in [4.78, 5) is 0. The maximum absolute atomic E-state index is 5.61. The minimum atomic E-state index is -0.824. The molecule has 2 heteroatoms. The van der Waals surface area contributed by atoms with Crippen molar-refractivity contribution in [2.24, 2.45) is 0 Å². The summed E-state index contributed by atoms with van der Waals surface area (Å²) < 4.78 is 8.69. The van der Waals surface area contributed by atoms with Gasteiger partial charge in [0.1, 0.15) is 0 Å². The Labute approximate surface area is 127 Å². The molecule has 0 saturated heterocycles. The van der Waals surface area contributed by atoms with Gasteiger partial charge in [0.05, 0.1) is 0 Å². The molecule has 0 aliphatic rings. The second kappa shape index (κ2) is 7.17. The molecule has 0 heterocycles. The molecule has 2 rings (SSSR count). The van der Waals surface area contributed by atoms with Gasteiger partial charge in [-0.1, -0.05) is 0 Å². The van der Waals surface area contributed by atoms with Gasteiger partial charge in [0, 0.05) is 0 Å². The number of benzene rings is 2. The van der Waals surface area contributed by atoms with E-state index in [4.69, 9.17) is 4.74 Å². The summed E-state index contributed by atoms with van der Waals surface area (Å²) in [6.45, 7) is 7.91. The minimum absolute atomic E-state index is 0.753. The Hall–Kier alpha value is -0.717. The first-order valence-corrected chi connectivity index (χ1v) is 10.1. The first kappa shape index (κ1) is 14.7. The van der Waals surface area contributed by atoms with Gasteiger partial charge in [-0.05, 0) is 0 Å². The van der Waals surface area contributed by atoms with Crippen LogP contribution in [0.15, 0.2) is 42.5 Å². The van der Waals surface area contributed by atoms with E-state index in [1.165, 1.54) is 16.7 Å². The van der Waals surface area contributed by atoms with Crippen molar-refractivity contribution in [1.82, 2.24) is 0 Å². The molecule has 0 amide bonds. The van der Waals surface area contributed by atoms with Gasteiger partial charge in [0.2, 0.25) is 0 Å². The molecule has 0 bridgehead atoms. The molecule has 1 radical (unpaired) electrons. The topological polar surface area (TPSA) is 9.23 Å². The Morgan fingerprint density at radius 1 is 1.00 bits per heavy atom. The van der Waals surface area contributed by atoms with E-state index in [0.29, 0.717) is 0 Å². The van der Waals surface area contributed by atoms with Gasteiger partial charge in [0.25, 0.3) is 0 Å². The van der Waals surface area contributed by atoms with E-state index in [-0.39, 0.29) is 0 Å². The Morgan fingerprint density at radius 2 is 1.79 bits per heavy atom. The van der Waals surface area contributed by atoms with Crippen LogP contribution in [0.1, 0.15) is 23.6 Å². The molecule has 0 aliphatic carbocycles. The molecule has 0 unspecified atom stereocenters. The van der Waals surface area contributed by atoms with Gasteiger partial charge in [-0.3, -0.25) is 0 Å². The number of aryl methyl sites for hydroxylation is 2. The number of hydrogen-bond acceptors (Lipinski definition) is 1. The first-order chi connectivity index (χ1) is 9.19. The zero-order valence-corrected chi connectivity index (χ0v) is 15.3. The molecule has 2 aromatic rings. The third-order valence-electron chi connectivity index (χ3n) is 2.95. The summed E-state index contributed by atoms with van der Waals surface area (Å²) in [5.74, 6) is 0. The van der Waals surface area contributed by atoms with Crippen LogP contribution in [0.2, 0.25) is 0 Å². The molecule has 0 N–H and O–H groups in total. The van der Waals surface area contributed by atoms with Crippen molar-refractivity contribution >= 4 is 29.8 Å². The molecule has 1 nitrogen and oxygen atoms in total. The van der Waals surface area contributed by atoms with Crippen LogP contribution < -0.4 is 6.54 Å². The van der Waals surface area contributed by atoms with Gasteiger partial charge in [-0.2, -0.15) is 0 Å². The van der Waals surface area contributed by atoms with Crippen LogP contribution in [0.25, 0.3) is 0 Å². The molecule has 99 valence electrons. The van der Waals surface area contributed by atoms with Gasteiger partial charge in [-0.15, -0.1) is 0 Å². The standard InChI is InChI=1S/C10H13O.C7H7.Bi/c1-3-11-8-10-6-4-5-9(2)7-10;1-7-5-3-2-4-6-7;/h4-5,7H,3,8H2,1-2H3;2-3,5-6H,1H3;. The predicted octanol–water partition coefficient (Wildman–Crippen LogP) is 2.49. The van der Waals surface area contributed by atoms with Gasteiger partial charge >= 0.3 is 128 Å². The van der Waals surface area contributed by atoms with Crippen molar-refractivity contribution < 1.29 is 4.74 Å². The van der Waals surface area contributed by atoms with Gasteiger partial charge in [0.15, 0.2) is 0 Å². The predicted molar refractivity (Wildman–Crippen MR) is 82.7 cm³/mol. The third kappa shape index (κ3) is 4.40. The van der Waals surface area contributed by atoms with Gasteiger partial charge in [-0.25, -0.2) is 0 Å². The van der Waals surface area contributed by atoms with Crippen molar-refractivity contribution in [3.63, 3.8) is 0 Å². The molecule has 0 aromatic heterocycles. The number of hydrogen-bond donors (Lipinski definition) is 0. The van der Waals surface area contributed by atoms with Crippen LogP contribution in [-0.2, 0) is 11.3 Å². The van der Waals surface area contributed by atoms with Crippen LogP contribution in [0.3, 0.4) is 0 Å². The normalized spacial score (nSPS) is 10.7.